The Kier molecular flexibility index (Phi) is 6.16. The van der Waals surface area contributed by atoms with Crippen LogP contribution in [0.2, 0.25) is 0 Å². The van der Waals surface area contributed by atoms with E-state index in [9.17, 15) is 15.2 Å². The van der Waals surface area contributed by atoms with Crippen LogP contribution in [0.3, 0.4) is 0 Å². The number of hydrogen-bond donors (Lipinski definition) is 3. The summed E-state index contributed by atoms with van der Waals surface area (Å²) in [6.45, 7) is 2.44. The fourth-order valence-corrected chi connectivity index (χ4v) is 1.98. The van der Waals surface area contributed by atoms with Crippen molar-refractivity contribution in [1.29, 1.82) is 0 Å². The lowest BCUT2D eigenvalue weighted by atomic mass is 10.2. The van der Waals surface area contributed by atoms with Crippen LogP contribution in [0.25, 0.3) is 0 Å². The Morgan fingerprint density at radius 3 is 2.30 bits per heavy atom. The molecule has 0 aliphatic rings. The lowest BCUT2D eigenvalue weighted by Gasteiger charge is -2.34. The van der Waals surface area contributed by atoms with E-state index in [1.807, 2.05) is 0 Å². The van der Waals surface area contributed by atoms with Crippen molar-refractivity contribution in [2.24, 2.45) is 0 Å². The summed E-state index contributed by atoms with van der Waals surface area (Å²) in [4.78, 5) is 10.5. The molecule has 0 saturated carbocycles. The van der Waals surface area contributed by atoms with E-state index in [1.54, 1.807) is 16.9 Å². The number of nitro groups is 1. The normalized spacial score (nSPS) is 10.8. The largest absolute Gasteiger partial charge is 0.508 e. The second kappa shape index (κ2) is 7.63. The summed E-state index contributed by atoms with van der Waals surface area (Å²) in [5, 5.41) is 41.8. The second-order valence-corrected chi connectivity index (χ2v) is 4.05. The fraction of sp³-hybridized carbons (Fsp3) is 0.500. The molecule has 1 aromatic carbocycles. The van der Waals surface area contributed by atoms with Crippen LogP contribution in [0.4, 0.5) is 11.4 Å². The first-order chi connectivity index (χ1) is 9.54. The minimum atomic E-state index is -0.576. The number of phenols is 1. The predicted octanol–water partition coefficient (Wildman–Crippen LogP) is 0.328. The maximum Gasteiger partial charge on any atom is 0.297 e. The molecule has 8 nitrogen and oxygen atoms in total. The van der Waals surface area contributed by atoms with Gasteiger partial charge in [0.2, 0.25) is 0 Å². The van der Waals surface area contributed by atoms with E-state index in [2.05, 4.69) is 0 Å². The molecule has 0 saturated heterocycles. The number of benzene rings is 1. The van der Waals surface area contributed by atoms with Crippen LogP contribution in [0.15, 0.2) is 18.2 Å². The van der Waals surface area contributed by atoms with Crippen molar-refractivity contribution in [1.82, 2.24) is 5.01 Å². The molecule has 8 heteroatoms. The van der Waals surface area contributed by atoms with E-state index in [4.69, 9.17) is 10.2 Å². The molecule has 0 unspecified atom stereocenters. The first-order valence-corrected chi connectivity index (χ1v) is 6.26. The lowest BCUT2D eigenvalue weighted by molar-refractivity contribution is -0.384. The average Bonchev–Trinajstić information content (AvgIpc) is 2.41. The van der Waals surface area contributed by atoms with Gasteiger partial charge in [0.1, 0.15) is 11.4 Å². The highest BCUT2D eigenvalue weighted by Crippen LogP contribution is 2.32. The molecule has 112 valence electrons. The number of aromatic hydroxyl groups is 1. The van der Waals surface area contributed by atoms with Gasteiger partial charge < -0.3 is 15.3 Å². The van der Waals surface area contributed by atoms with Crippen LogP contribution in [0.5, 0.6) is 5.75 Å². The highest BCUT2D eigenvalue weighted by molar-refractivity contribution is 5.64. The van der Waals surface area contributed by atoms with Gasteiger partial charge in [-0.3, -0.25) is 15.1 Å². The quantitative estimate of drug-likeness (QED) is 0.466. The smallest absolute Gasteiger partial charge is 0.297 e. The molecule has 0 aliphatic carbocycles. The van der Waals surface area contributed by atoms with Crippen LogP contribution in [0, 0.1) is 10.1 Å². The summed E-state index contributed by atoms with van der Waals surface area (Å²) in [5.74, 6) is -0.188. The molecule has 0 bridgehead atoms. The van der Waals surface area contributed by atoms with E-state index >= 15 is 0 Å². The highest BCUT2D eigenvalue weighted by atomic mass is 16.6. The van der Waals surface area contributed by atoms with Gasteiger partial charge >= 0.3 is 0 Å². The molecule has 0 radical (unpaired) electrons. The number of rotatable bonds is 8. The van der Waals surface area contributed by atoms with E-state index in [1.165, 1.54) is 12.1 Å². The Hall–Kier alpha value is -1.90. The number of hydrogen-bond acceptors (Lipinski definition) is 7. The molecule has 0 atom stereocenters. The molecule has 1 aromatic rings. The van der Waals surface area contributed by atoms with Gasteiger partial charge in [-0.2, -0.15) is 0 Å². The molecule has 0 amide bonds. The van der Waals surface area contributed by atoms with Crippen molar-refractivity contribution < 1.29 is 20.2 Å². The first kappa shape index (κ1) is 16.2. The Bertz CT molecular complexity index is 449. The van der Waals surface area contributed by atoms with Crippen molar-refractivity contribution in [2.45, 2.75) is 6.92 Å². The Balaban J connectivity index is 3.19. The van der Waals surface area contributed by atoms with Crippen LogP contribution in [-0.4, -0.2) is 58.1 Å². The summed E-state index contributed by atoms with van der Waals surface area (Å²) in [6.07, 6.45) is 0. The Labute approximate surface area is 116 Å². The first-order valence-electron chi connectivity index (χ1n) is 6.26. The third-order valence-corrected chi connectivity index (χ3v) is 2.79. The standard InChI is InChI=1S/C12H19N3O5/c1-2-14(13(5-7-16)6-8-17)11-4-3-10(18)9-12(11)15(19)20/h3-4,9,16-18H,2,5-8H2,1H3. The number of nitro benzene ring substituents is 1. The molecule has 0 aromatic heterocycles. The van der Waals surface area contributed by atoms with Crippen LogP contribution in [0.1, 0.15) is 6.92 Å². The zero-order valence-corrected chi connectivity index (χ0v) is 11.3. The van der Waals surface area contributed by atoms with E-state index in [-0.39, 0.29) is 37.7 Å². The Morgan fingerprint density at radius 2 is 1.85 bits per heavy atom. The summed E-state index contributed by atoms with van der Waals surface area (Å²) in [5.41, 5.74) is 0.0740. The summed E-state index contributed by atoms with van der Waals surface area (Å²) in [6, 6.07) is 3.88. The molecular weight excluding hydrogens is 266 g/mol. The average molecular weight is 285 g/mol. The van der Waals surface area contributed by atoms with Gasteiger partial charge in [0, 0.05) is 19.6 Å². The highest BCUT2D eigenvalue weighted by Gasteiger charge is 2.23. The van der Waals surface area contributed by atoms with Gasteiger partial charge in [-0.1, -0.05) is 0 Å². The molecule has 20 heavy (non-hydrogen) atoms. The second-order valence-electron chi connectivity index (χ2n) is 4.05. The van der Waals surface area contributed by atoms with Crippen LogP contribution in [-0.2, 0) is 0 Å². The topological polar surface area (TPSA) is 110 Å². The summed E-state index contributed by atoms with van der Waals surface area (Å²) >= 11 is 0. The molecule has 0 fully saturated rings. The van der Waals surface area contributed by atoms with E-state index < -0.39 is 4.92 Å². The van der Waals surface area contributed by atoms with E-state index in [0.29, 0.717) is 12.2 Å². The van der Waals surface area contributed by atoms with Crippen molar-refractivity contribution in [3.8, 4) is 5.75 Å². The zero-order chi connectivity index (χ0) is 15.1. The number of nitrogens with zero attached hydrogens (tertiary/aromatic N) is 3. The van der Waals surface area contributed by atoms with Gasteiger partial charge in [-0.25, -0.2) is 5.01 Å². The van der Waals surface area contributed by atoms with Crippen molar-refractivity contribution >= 4 is 11.4 Å². The number of aliphatic hydroxyl groups excluding tert-OH is 2. The maximum atomic E-state index is 11.1. The lowest BCUT2D eigenvalue weighted by Crippen LogP contribution is -2.46. The van der Waals surface area contributed by atoms with Gasteiger partial charge in [-0.05, 0) is 19.1 Å². The third kappa shape index (κ3) is 3.80. The predicted molar refractivity (Wildman–Crippen MR) is 73.5 cm³/mol. The van der Waals surface area contributed by atoms with Crippen LogP contribution >= 0.6 is 0 Å². The molecule has 0 aliphatic heterocycles. The van der Waals surface area contributed by atoms with Gasteiger partial charge in [0.15, 0.2) is 0 Å². The molecular formula is C12H19N3O5. The number of phenolic OH excluding ortho intramolecular Hbond substituents is 1. The number of aliphatic hydroxyl groups is 2. The monoisotopic (exact) mass is 285 g/mol. The van der Waals surface area contributed by atoms with Crippen molar-refractivity contribution in [3.63, 3.8) is 0 Å². The minimum absolute atomic E-state index is 0.137. The van der Waals surface area contributed by atoms with Gasteiger partial charge in [0.25, 0.3) is 5.69 Å². The van der Waals surface area contributed by atoms with E-state index in [0.717, 1.165) is 6.07 Å². The molecule has 1 rings (SSSR count). The van der Waals surface area contributed by atoms with Crippen molar-refractivity contribution in [2.75, 3.05) is 37.9 Å². The maximum absolute atomic E-state index is 11.1. The zero-order valence-electron chi connectivity index (χ0n) is 11.3. The fourth-order valence-electron chi connectivity index (χ4n) is 1.98. The molecule has 0 heterocycles. The molecule has 3 N–H and O–H groups in total. The third-order valence-electron chi connectivity index (χ3n) is 2.79. The number of anilines is 1. The van der Waals surface area contributed by atoms with Gasteiger partial charge in [-0.15, -0.1) is 0 Å². The van der Waals surface area contributed by atoms with Crippen LogP contribution < -0.4 is 5.01 Å². The van der Waals surface area contributed by atoms with Crippen molar-refractivity contribution in [3.05, 3.63) is 28.3 Å². The Morgan fingerprint density at radius 1 is 1.25 bits per heavy atom. The SMILES string of the molecule is CCN(c1ccc(O)cc1[N+](=O)[O-])N(CCO)CCO. The number of hydrazine groups is 1. The van der Waals surface area contributed by atoms with Gasteiger partial charge in [0.05, 0.1) is 24.2 Å². The summed E-state index contributed by atoms with van der Waals surface area (Å²) < 4.78 is 0. The summed E-state index contributed by atoms with van der Waals surface area (Å²) in [7, 11) is 0. The molecule has 0 spiro atoms. The minimum Gasteiger partial charge on any atom is -0.508 e.